The number of thiocarbonyl (C=S) groups is 1. The van der Waals surface area contributed by atoms with E-state index in [0.29, 0.717) is 49.1 Å². The molecule has 1 amide bonds. The van der Waals surface area contributed by atoms with Crippen molar-refractivity contribution in [3.63, 3.8) is 0 Å². The maximum Gasteiger partial charge on any atom is 0.257 e. The minimum Gasteiger partial charge on any atom is -0.491 e. The summed E-state index contributed by atoms with van der Waals surface area (Å²) in [6.45, 7) is 1.90. The lowest BCUT2D eigenvalue weighted by Crippen LogP contribution is -2.42. The molecule has 0 radical (unpaired) electrons. The number of nitrogens with zero attached hydrogens (tertiary/aromatic N) is 2. The van der Waals surface area contributed by atoms with Crippen LogP contribution >= 0.6 is 12.2 Å². The number of carbonyl (C=O) groups is 1. The van der Waals surface area contributed by atoms with Crippen LogP contribution in [0, 0.1) is 11.3 Å². The van der Waals surface area contributed by atoms with Crippen molar-refractivity contribution in [1.82, 2.24) is 10.2 Å². The number of hydrogen-bond donors (Lipinski definition) is 1. The van der Waals surface area contributed by atoms with E-state index in [2.05, 4.69) is 11.4 Å². The zero-order valence-corrected chi connectivity index (χ0v) is 16.6. The first-order valence-electron chi connectivity index (χ1n) is 8.87. The molecule has 28 heavy (non-hydrogen) atoms. The van der Waals surface area contributed by atoms with Crippen LogP contribution < -0.4 is 10.1 Å². The summed E-state index contributed by atoms with van der Waals surface area (Å²) in [6, 6.07) is 18.7. The Morgan fingerprint density at radius 1 is 1.14 bits per heavy atom. The molecule has 2 aromatic rings. The highest BCUT2D eigenvalue weighted by atomic mass is 32.1. The van der Waals surface area contributed by atoms with Crippen molar-refractivity contribution in [3.05, 3.63) is 65.7 Å². The number of rotatable bonds is 9. The van der Waals surface area contributed by atoms with Crippen molar-refractivity contribution in [3.8, 4) is 11.8 Å². The molecule has 0 atom stereocenters. The second kappa shape index (κ2) is 11.7. The Labute approximate surface area is 170 Å². The smallest absolute Gasteiger partial charge is 0.257 e. The van der Waals surface area contributed by atoms with Gasteiger partial charge in [0, 0.05) is 25.8 Å². The number of benzene rings is 2. The maximum atomic E-state index is 12.5. The molecule has 0 spiro atoms. The third kappa shape index (κ3) is 6.99. The van der Waals surface area contributed by atoms with E-state index in [0.717, 1.165) is 5.56 Å². The van der Waals surface area contributed by atoms with Gasteiger partial charge in [-0.3, -0.25) is 10.1 Å². The second-order valence-electron chi connectivity index (χ2n) is 5.94. The van der Waals surface area contributed by atoms with Gasteiger partial charge < -0.3 is 14.4 Å². The number of ether oxygens (including phenoxy) is 2. The van der Waals surface area contributed by atoms with E-state index in [9.17, 15) is 4.79 Å². The second-order valence-corrected chi connectivity index (χ2v) is 6.33. The molecule has 7 heteroatoms. The fourth-order valence-corrected chi connectivity index (χ4v) is 2.68. The number of hydrogen-bond acceptors (Lipinski definition) is 5. The van der Waals surface area contributed by atoms with E-state index in [1.54, 1.807) is 31.4 Å². The Morgan fingerprint density at radius 3 is 2.50 bits per heavy atom. The summed E-state index contributed by atoms with van der Waals surface area (Å²) in [7, 11) is 1.61. The lowest BCUT2D eigenvalue weighted by molar-refractivity contribution is 0.0973. The van der Waals surface area contributed by atoms with E-state index < -0.39 is 0 Å². The molecule has 0 unspecified atom stereocenters. The van der Waals surface area contributed by atoms with E-state index in [1.165, 1.54) is 0 Å². The highest BCUT2D eigenvalue weighted by molar-refractivity contribution is 7.80. The van der Waals surface area contributed by atoms with Crippen molar-refractivity contribution in [2.24, 2.45) is 0 Å². The molecular formula is C21H23N3O3S. The molecule has 0 aliphatic rings. The van der Waals surface area contributed by atoms with Gasteiger partial charge in [-0.1, -0.05) is 30.3 Å². The van der Waals surface area contributed by atoms with Crippen molar-refractivity contribution >= 4 is 23.2 Å². The Bertz CT molecular complexity index is 804. The molecule has 0 saturated carbocycles. The van der Waals surface area contributed by atoms with Crippen LogP contribution in [0.1, 0.15) is 22.3 Å². The van der Waals surface area contributed by atoms with Crippen LogP contribution in [0.4, 0.5) is 0 Å². The summed E-state index contributed by atoms with van der Waals surface area (Å²) in [5.74, 6) is 0.361. The first-order valence-corrected chi connectivity index (χ1v) is 9.28. The van der Waals surface area contributed by atoms with Gasteiger partial charge in [-0.2, -0.15) is 5.26 Å². The average Bonchev–Trinajstić information content (AvgIpc) is 2.72. The fourth-order valence-electron chi connectivity index (χ4n) is 2.43. The van der Waals surface area contributed by atoms with E-state index in [-0.39, 0.29) is 5.91 Å². The SMILES string of the molecule is COCCOc1ccc(C(=O)NC(=S)N(CCC#N)Cc2ccccc2)cc1. The van der Waals surface area contributed by atoms with Crippen molar-refractivity contribution < 1.29 is 14.3 Å². The fraction of sp³-hybridized carbons (Fsp3) is 0.286. The van der Waals surface area contributed by atoms with Gasteiger partial charge in [-0.25, -0.2) is 0 Å². The molecule has 0 saturated heterocycles. The highest BCUT2D eigenvalue weighted by Crippen LogP contribution is 2.12. The summed E-state index contributed by atoms with van der Waals surface area (Å²) in [4.78, 5) is 14.3. The van der Waals surface area contributed by atoms with Gasteiger partial charge >= 0.3 is 0 Å². The summed E-state index contributed by atoms with van der Waals surface area (Å²) < 4.78 is 10.4. The van der Waals surface area contributed by atoms with Gasteiger partial charge in [0.1, 0.15) is 12.4 Å². The Kier molecular flexibility index (Phi) is 8.92. The van der Waals surface area contributed by atoms with Crippen LogP contribution in [-0.2, 0) is 11.3 Å². The minimum absolute atomic E-state index is 0.296. The topological polar surface area (TPSA) is 74.6 Å². The summed E-state index contributed by atoms with van der Waals surface area (Å²) >= 11 is 5.41. The molecule has 0 aliphatic heterocycles. The largest absolute Gasteiger partial charge is 0.491 e. The molecule has 0 bridgehead atoms. The van der Waals surface area contributed by atoms with E-state index >= 15 is 0 Å². The van der Waals surface area contributed by atoms with Crippen LogP contribution in [0.25, 0.3) is 0 Å². The van der Waals surface area contributed by atoms with Gasteiger partial charge in [0.15, 0.2) is 5.11 Å². The number of carbonyl (C=O) groups excluding carboxylic acids is 1. The predicted molar refractivity (Wildman–Crippen MR) is 111 cm³/mol. The Balaban J connectivity index is 1.97. The summed E-state index contributed by atoms with van der Waals surface area (Å²) in [5, 5.41) is 11.9. The third-order valence-electron chi connectivity index (χ3n) is 3.89. The van der Waals surface area contributed by atoms with Gasteiger partial charge in [-0.05, 0) is 42.0 Å². The molecule has 0 aliphatic carbocycles. The number of nitriles is 1. The highest BCUT2D eigenvalue weighted by Gasteiger charge is 2.14. The van der Waals surface area contributed by atoms with Crippen LogP contribution in [0.5, 0.6) is 5.75 Å². The monoisotopic (exact) mass is 397 g/mol. The van der Waals surface area contributed by atoms with Crippen LogP contribution in [0.2, 0.25) is 0 Å². The third-order valence-corrected chi connectivity index (χ3v) is 4.25. The predicted octanol–water partition coefficient (Wildman–Crippen LogP) is 3.14. The van der Waals surface area contributed by atoms with E-state index in [1.807, 2.05) is 35.2 Å². The average molecular weight is 398 g/mol. The van der Waals surface area contributed by atoms with E-state index in [4.69, 9.17) is 27.0 Å². The molecule has 2 aromatic carbocycles. The molecule has 0 heterocycles. The summed E-state index contributed by atoms with van der Waals surface area (Å²) in [6.07, 6.45) is 0.316. The number of nitrogens with one attached hydrogen (secondary N) is 1. The molecule has 0 aromatic heterocycles. The zero-order valence-electron chi connectivity index (χ0n) is 15.8. The van der Waals surface area contributed by atoms with Crippen LogP contribution in [0.3, 0.4) is 0 Å². The summed E-state index contributed by atoms with van der Waals surface area (Å²) in [5.41, 5.74) is 1.52. The standard InChI is InChI=1S/C21H23N3O3S/c1-26-14-15-27-19-10-8-18(9-11-19)20(25)23-21(28)24(13-5-12-22)16-17-6-3-2-4-7-17/h2-4,6-11H,5,13-16H2,1H3,(H,23,25,28). The molecule has 0 fully saturated rings. The number of methoxy groups -OCH3 is 1. The molecule has 146 valence electrons. The quantitative estimate of drug-likeness (QED) is 0.518. The normalized spacial score (nSPS) is 10.0. The van der Waals surface area contributed by atoms with Crippen LogP contribution in [-0.4, -0.2) is 42.8 Å². The molecule has 2 rings (SSSR count). The lowest BCUT2D eigenvalue weighted by atomic mass is 10.2. The molecule has 6 nitrogen and oxygen atoms in total. The first-order chi connectivity index (χ1) is 13.6. The molecule has 1 N–H and O–H groups in total. The maximum absolute atomic E-state index is 12.5. The van der Waals surface area contributed by atoms with Gasteiger partial charge in [0.05, 0.1) is 19.1 Å². The first kappa shape index (κ1) is 21.4. The Morgan fingerprint density at radius 2 is 1.86 bits per heavy atom. The van der Waals surface area contributed by atoms with Gasteiger partial charge in [0.25, 0.3) is 5.91 Å². The minimum atomic E-state index is -0.302. The van der Waals surface area contributed by atoms with Crippen molar-refractivity contribution in [2.75, 3.05) is 26.9 Å². The zero-order chi connectivity index (χ0) is 20.2. The van der Waals surface area contributed by atoms with Gasteiger partial charge in [-0.15, -0.1) is 0 Å². The van der Waals surface area contributed by atoms with Crippen LogP contribution in [0.15, 0.2) is 54.6 Å². The number of amides is 1. The lowest BCUT2D eigenvalue weighted by Gasteiger charge is -2.24. The van der Waals surface area contributed by atoms with Crippen molar-refractivity contribution in [1.29, 1.82) is 5.26 Å². The van der Waals surface area contributed by atoms with Gasteiger partial charge in [0.2, 0.25) is 0 Å². The molecular weight excluding hydrogens is 374 g/mol. The Hall–Kier alpha value is -2.95. The van der Waals surface area contributed by atoms with Crippen molar-refractivity contribution in [2.45, 2.75) is 13.0 Å².